The Bertz CT molecular complexity index is 799. The van der Waals surface area contributed by atoms with Gasteiger partial charge in [-0.3, -0.25) is 14.7 Å². The van der Waals surface area contributed by atoms with Gasteiger partial charge in [-0.25, -0.2) is 0 Å². The predicted octanol–water partition coefficient (Wildman–Crippen LogP) is 4.74. The number of likely N-dealkylation sites (tertiary alicyclic amines) is 1. The Kier molecular flexibility index (Phi) is 7.48. The van der Waals surface area contributed by atoms with Gasteiger partial charge in [0.05, 0.1) is 18.8 Å². The van der Waals surface area contributed by atoms with Gasteiger partial charge in [0.1, 0.15) is 5.75 Å². The van der Waals surface area contributed by atoms with Crippen LogP contribution in [0.3, 0.4) is 0 Å². The van der Waals surface area contributed by atoms with E-state index in [1.165, 1.54) is 18.4 Å². The number of benzene rings is 1. The molecule has 30 heavy (non-hydrogen) atoms. The third kappa shape index (κ3) is 6.05. The number of hydrogen-bond donors (Lipinski definition) is 1. The lowest BCUT2D eigenvalue weighted by molar-refractivity contribution is -0.129. The van der Waals surface area contributed by atoms with Crippen LogP contribution < -0.4 is 10.1 Å². The zero-order valence-corrected chi connectivity index (χ0v) is 18.7. The van der Waals surface area contributed by atoms with Gasteiger partial charge in [0.15, 0.2) is 0 Å². The van der Waals surface area contributed by atoms with Crippen LogP contribution in [0.4, 0.5) is 0 Å². The molecule has 2 heterocycles. The zero-order valence-electron chi connectivity index (χ0n) is 18.7. The van der Waals surface area contributed by atoms with E-state index in [2.05, 4.69) is 27.3 Å². The number of piperidine rings is 1. The maximum absolute atomic E-state index is 12.8. The molecule has 0 spiro atoms. The van der Waals surface area contributed by atoms with Crippen molar-refractivity contribution < 1.29 is 9.53 Å². The molecular weight excluding hydrogens is 374 g/mol. The van der Waals surface area contributed by atoms with Crippen molar-refractivity contribution in [2.24, 2.45) is 5.41 Å². The first-order valence-electron chi connectivity index (χ1n) is 11.0. The van der Waals surface area contributed by atoms with Gasteiger partial charge < -0.3 is 10.1 Å². The minimum absolute atomic E-state index is 0.0654. The number of nitrogens with one attached hydrogen (secondary N) is 1. The number of ether oxygens (including phenoxy) is 1. The van der Waals surface area contributed by atoms with Gasteiger partial charge in [-0.05, 0) is 55.6 Å². The number of methoxy groups -OCH3 is 1. The van der Waals surface area contributed by atoms with Gasteiger partial charge in [-0.2, -0.15) is 0 Å². The summed E-state index contributed by atoms with van der Waals surface area (Å²) in [4.78, 5) is 19.9. The lowest BCUT2D eigenvalue weighted by Crippen LogP contribution is -2.44. The van der Waals surface area contributed by atoms with Crippen molar-refractivity contribution in [1.29, 1.82) is 0 Å². The molecule has 3 rings (SSSR count). The largest absolute Gasteiger partial charge is 0.497 e. The highest BCUT2D eigenvalue weighted by atomic mass is 16.5. The van der Waals surface area contributed by atoms with Crippen molar-refractivity contribution in [3.05, 3.63) is 59.9 Å². The van der Waals surface area contributed by atoms with Crippen LogP contribution >= 0.6 is 0 Å². The fraction of sp³-hybridized carbons (Fsp3) is 0.520. The average molecular weight is 410 g/mol. The quantitative estimate of drug-likeness (QED) is 0.718. The number of amides is 1. The summed E-state index contributed by atoms with van der Waals surface area (Å²) < 4.78 is 5.29. The summed E-state index contributed by atoms with van der Waals surface area (Å²) in [6.07, 6.45) is 6.27. The Labute approximate surface area is 180 Å². The number of hydrogen-bond acceptors (Lipinski definition) is 4. The number of carbonyl (C=O) groups excluding carboxylic acids is 1. The Morgan fingerprint density at radius 1 is 1.20 bits per heavy atom. The van der Waals surface area contributed by atoms with Gasteiger partial charge >= 0.3 is 0 Å². The van der Waals surface area contributed by atoms with Crippen LogP contribution in [-0.2, 0) is 11.3 Å². The van der Waals surface area contributed by atoms with Gasteiger partial charge in [-0.1, -0.05) is 45.4 Å². The molecule has 1 aliphatic rings. The Morgan fingerprint density at radius 2 is 1.97 bits per heavy atom. The summed E-state index contributed by atoms with van der Waals surface area (Å²) in [5.74, 6) is 0.949. The fourth-order valence-corrected chi connectivity index (χ4v) is 3.98. The van der Waals surface area contributed by atoms with Crippen LogP contribution in [0.1, 0.15) is 63.8 Å². The van der Waals surface area contributed by atoms with Crippen molar-refractivity contribution in [2.45, 2.75) is 65.1 Å². The highest BCUT2D eigenvalue weighted by Gasteiger charge is 2.30. The Morgan fingerprint density at radius 3 is 2.60 bits per heavy atom. The van der Waals surface area contributed by atoms with Crippen molar-refractivity contribution in [2.75, 3.05) is 13.7 Å². The molecule has 0 bridgehead atoms. The Hall–Kier alpha value is -2.40. The molecule has 1 N–H and O–H groups in total. The number of rotatable bonds is 7. The lowest BCUT2D eigenvalue weighted by atomic mass is 9.91. The first-order chi connectivity index (χ1) is 14.4. The maximum Gasteiger partial charge on any atom is 0.225 e. The average Bonchev–Trinajstić information content (AvgIpc) is 2.75. The number of nitrogens with zero attached hydrogens (tertiary/aromatic N) is 2. The summed E-state index contributed by atoms with van der Waals surface area (Å²) >= 11 is 0. The summed E-state index contributed by atoms with van der Waals surface area (Å²) in [5, 5.41) is 3.28. The molecule has 1 aromatic heterocycles. The smallest absolute Gasteiger partial charge is 0.225 e. The molecule has 5 heteroatoms. The number of carbonyl (C=O) groups is 1. The molecule has 0 aliphatic carbocycles. The van der Waals surface area contributed by atoms with E-state index in [0.29, 0.717) is 6.04 Å². The highest BCUT2D eigenvalue weighted by Crippen LogP contribution is 2.29. The second-order valence-corrected chi connectivity index (χ2v) is 9.23. The topological polar surface area (TPSA) is 54.5 Å². The van der Waals surface area contributed by atoms with E-state index >= 15 is 0 Å². The maximum atomic E-state index is 12.8. The van der Waals surface area contributed by atoms with Crippen LogP contribution in [-0.4, -0.2) is 35.5 Å². The van der Waals surface area contributed by atoms with Crippen molar-refractivity contribution in [3.63, 3.8) is 0 Å². The standard InChI is InChI=1S/C25H35N3O2/c1-25(2,3)24(29)27-23(22-10-5-7-15-26-22)17-20-9-6-8-16-28(20)18-19-11-13-21(30-4)14-12-19/h5,7,10-15,20,23H,6,8-9,16-18H2,1-4H3,(H,27,29)/t20-,23-/m0/s1. The van der Waals surface area contributed by atoms with Crippen molar-refractivity contribution in [1.82, 2.24) is 15.2 Å². The van der Waals surface area contributed by atoms with Gasteiger partial charge in [0, 0.05) is 24.2 Å². The molecule has 0 saturated carbocycles. The molecule has 1 fully saturated rings. The minimum atomic E-state index is -0.428. The van der Waals surface area contributed by atoms with E-state index in [1.54, 1.807) is 7.11 Å². The fourth-order valence-electron chi connectivity index (χ4n) is 3.98. The summed E-state index contributed by atoms with van der Waals surface area (Å²) in [7, 11) is 1.69. The zero-order chi connectivity index (χ0) is 21.6. The normalized spacial score (nSPS) is 18.6. The second-order valence-electron chi connectivity index (χ2n) is 9.23. The monoisotopic (exact) mass is 409 g/mol. The van der Waals surface area contributed by atoms with Crippen LogP contribution in [0.25, 0.3) is 0 Å². The summed E-state index contributed by atoms with van der Waals surface area (Å²) in [6.45, 7) is 7.85. The molecule has 0 radical (unpaired) electrons. The molecule has 1 saturated heterocycles. The molecule has 5 nitrogen and oxygen atoms in total. The number of aromatic nitrogens is 1. The summed E-state index contributed by atoms with van der Waals surface area (Å²) in [6, 6.07) is 14.6. The lowest BCUT2D eigenvalue weighted by Gasteiger charge is -2.38. The van der Waals surface area contributed by atoms with Crippen LogP contribution in [0.5, 0.6) is 5.75 Å². The molecule has 1 amide bonds. The predicted molar refractivity (Wildman–Crippen MR) is 120 cm³/mol. The molecule has 1 aromatic carbocycles. The van der Waals surface area contributed by atoms with Crippen LogP contribution in [0, 0.1) is 5.41 Å². The highest BCUT2D eigenvalue weighted by molar-refractivity contribution is 5.81. The van der Waals surface area contributed by atoms with E-state index in [0.717, 1.165) is 37.4 Å². The van der Waals surface area contributed by atoms with Crippen LogP contribution in [0.2, 0.25) is 0 Å². The van der Waals surface area contributed by atoms with Crippen LogP contribution in [0.15, 0.2) is 48.7 Å². The number of pyridine rings is 1. The molecule has 1 aliphatic heterocycles. The van der Waals surface area contributed by atoms with E-state index in [-0.39, 0.29) is 11.9 Å². The van der Waals surface area contributed by atoms with Crippen molar-refractivity contribution in [3.8, 4) is 5.75 Å². The van der Waals surface area contributed by atoms with Gasteiger partial charge in [-0.15, -0.1) is 0 Å². The van der Waals surface area contributed by atoms with E-state index in [1.807, 2.05) is 57.3 Å². The second kappa shape index (κ2) is 10.1. The molecule has 2 aromatic rings. The van der Waals surface area contributed by atoms with E-state index in [9.17, 15) is 4.79 Å². The molecule has 2 atom stereocenters. The third-order valence-electron chi connectivity index (χ3n) is 5.83. The SMILES string of the molecule is COc1ccc(CN2CCCC[C@H]2C[C@H](NC(=O)C(C)(C)C)c2ccccn2)cc1. The van der Waals surface area contributed by atoms with Gasteiger partial charge in [0.25, 0.3) is 0 Å². The molecule has 162 valence electrons. The van der Waals surface area contributed by atoms with E-state index < -0.39 is 5.41 Å². The third-order valence-corrected chi connectivity index (χ3v) is 5.83. The van der Waals surface area contributed by atoms with Gasteiger partial charge in [0.2, 0.25) is 5.91 Å². The molecule has 0 unspecified atom stereocenters. The summed E-state index contributed by atoms with van der Waals surface area (Å²) in [5.41, 5.74) is 1.79. The molecular formula is C25H35N3O2. The minimum Gasteiger partial charge on any atom is -0.497 e. The first-order valence-corrected chi connectivity index (χ1v) is 11.0. The first kappa shape index (κ1) is 22.3. The van der Waals surface area contributed by atoms with E-state index in [4.69, 9.17) is 4.74 Å². The van der Waals surface area contributed by atoms with Crippen molar-refractivity contribution >= 4 is 5.91 Å². The Balaban J connectivity index is 1.75.